The second-order valence-corrected chi connectivity index (χ2v) is 4.88. The molecule has 0 radical (unpaired) electrons. The van der Waals surface area contributed by atoms with Gasteiger partial charge in [-0.3, -0.25) is 0 Å². The van der Waals surface area contributed by atoms with Gasteiger partial charge in [-0.2, -0.15) is 4.57 Å². The van der Waals surface area contributed by atoms with E-state index in [1.807, 2.05) is 56.7 Å². The summed E-state index contributed by atoms with van der Waals surface area (Å²) in [5.41, 5.74) is 3.35. The zero-order valence-corrected chi connectivity index (χ0v) is 13.5. The predicted molar refractivity (Wildman–Crippen MR) is 92.5 cm³/mol. The van der Waals surface area contributed by atoms with Crippen LogP contribution in [0.1, 0.15) is 26.6 Å². The highest BCUT2D eigenvalue weighted by molar-refractivity contribution is 5.67. The largest absolute Gasteiger partial charge is 0.289 e. The van der Waals surface area contributed by atoms with Crippen molar-refractivity contribution in [1.82, 2.24) is 4.57 Å². The van der Waals surface area contributed by atoms with Gasteiger partial charge in [0.2, 0.25) is 0 Å². The van der Waals surface area contributed by atoms with Crippen molar-refractivity contribution in [1.29, 1.82) is 0 Å². The molecule has 2 nitrogen and oxygen atoms in total. The van der Waals surface area contributed by atoms with Crippen LogP contribution in [0.2, 0.25) is 0 Å². The fourth-order valence-electron chi connectivity index (χ4n) is 2.03. The van der Waals surface area contributed by atoms with Crippen LogP contribution in [0.15, 0.2) is 73.7 Å². The number of rotatable bonds is 6. The van der Waals surface area contributed by atoms with E-state index in [1.165, 1.54) is 11.1 Å². The number of imidazole rings is 1. The van der Waals surface area contributed by atoms with Crippen LogP contribution in [-0.4, -0.2) is 4.57 Å². The first-order chi connectivity index (χ1) is 10.0. The van der Waals surface area contributed by atoms with E-state index in [9.17, 15) is 0 Å². The van der Waals surface area contributed by atoms with Gasteiger partial charge in [0.25, 0.3) is 5.82 Å². The van der Waals surface area contributed by atoms with E-state index < -0.39 is 0 Å². The minimum atomic E-state index is 0.934. The van der Waals surface area contributed by atoms with Gasteiger partial charge in [-0.05, 0) is 32.4 Å². The SMILES string of the molecule is C=C/C=C\C(C)=C(/C)c1n(C(=C)/C=C\C=C/C)cc[n+]1C. The van der Waals surface area contributed by atoms with Crippen molar-refractivity contribution in [2.75, 3.05) is 0 Å². The molecule has 1 aromatic rings. The van der Waals surface area contributed by atoms with Crippen molar-refractivity contribution in [3.63, 3.8) is 0 Å². The van der Waals surface area contributed by atoms with Gasteiger partial charge in [0, 0.05) is 5.57 Å². The Balaban J connectivity index is 3.26. The Hall–Kier alpha value is -2.35. The number of aromatic nitrogens is 2. The molecule has 0 atom stereocenters. The van der Waals surface area contributed by atoms with Crippen LogP contribution in [0.25, 0.3) is 11.3 Å². The Morgan fingerprint density at radius 3 is 2.52 bits per heavy atom. The third-order valence-electron chi connectivity index (χ3n) is 3.31. The lowest BCUT2D eigenvalue weighted by Gasteiger charge is -2.05. The fourth-order valence-corrected chi connectivity index (χ4v) is 2.03. The summed E-state index contributed by atoms with van der Waals surface area (Å²) in [7, 11) is 2.04. The van der Waals surface area contributed by atoms with Gasteiger partial charge in [-0.25, -0.2) is 4.57 Å². The van der Waals surface area contributed by atoms with Crippen molar-refractivity contribution in [3.05, 3.63) is 79.5 Å². The zero-order chi connectivity index (χ0) is 15.8. The average molecular weight is 281 g/mol. The van der Waals surface area contributed by atoms with Crippen molar-refractivity contribution < 1.29 is 4.57 Å². The standard InChI is InChI=1S/C19H25N2/c1-7-9-11-13-17(4)21-15-14-20(6)19(21)18(5)16(3)12-10-8-2/h7-15H,2,4H2,1,3,5-6H3/q+1/b9-7-,12-10-,13-11-,18-16+. The molecule has 21 heavy (non-hydrogen) atoms. The number of hydrogen-bond donors (Lipinski definition) is 0. The lowest BCUT2D eigenvalue weighted by atomic mass is 10.1. The van der Waals surface area contributed by atoms with Crippen LogP contribution in [0, 0.1) is 0 Å². The van der Waals surface area contributed by atoms with Gasteiger partial charge in [0.15, 0.2) is 0 Å². The summed E-state index contributed by atoms with van der Waals surface area (Å²) in [4.78, 5) is 0. The lowest BCUT2D eigenvalue weighted by molar-refractivity contribution is -0.673. The van der Waals surface area contributed by atoms with E-state index in [0.717, 1.165) is 11.5 Å². The van der Waals surface area contributed by atoms with E-state index in [1.54, 1.807) is 6.08 Å². The Labute approximate surface area is 128 Å². The molecule has 0 aliphatic carbocycles. The Morgan fingerprint density at radius 2 is 1.90 bits per heavy atom. The molecule has 0 saturated heterocycles. The van der Waals surface area contributed by atoms with Gasteiger partial charge in [-0.15, -0.1) is 0 Å². The van der Waals surface area contributed by atoms with Gasteiger partial charge >= 0.3 is 0 Å². The third-order valence-corrected chi connectivity index (χ3v) is 3.31. The first-order valence-corrected chi connectivity index (χ1v) is 7.05. The van der Waals surface area contributed by atoms with Crippen LogP contribution in [-0.2, 0) is 7.05 Å². The summed E-state index contributed by atoms with van der Waals surface area (Å²) in [5.74, 6) is 1.12. The molecule has 0 saturated carbocycles. The number of aryl methyl sites for hydroxylation is 1. The smallest absolute Gasteiger partial charge is 0.233 e. The van der Waals surface area contributed by atoms with Gasteiger partial charge in [0.05, 0.1) is 7.05 Å². The minimum Gasteiger partial charge on any atom is -0.233 e. The molecule has 0 amide bonds. The lowest BCUT2D eigenvalue weighted by Crippen LogP contribution is -2.31. The molecule has 1 heterocycles. The number of nitrogens with zero attached hydrogens (tertiary/aromatic N) is 2. The quantitative estimate of drug-likeness (QED) is 0.538. The van der Waals surface area contributed by atoms with Gasteiger partial charge in [0.1, 0.15) is 18.1 Å². The van der Waals surface area contributed by atoms with Gasteiger partial charge in [-0.1, -0.05) is 49.6 Å². The first kappa shape index (κ1) is 16.7. The molecule has 2 heteroatoms. The Morgan fingerprint density at radius 1 is 1.19 bits per heavy atom. The minimum absolute atomic E-state index is 0.934. The molecular formula is C19H25N2+. The predicted octanol–water partition coefficient (Wildman–Crippen LogP) is 4.45. The second kappa shape index (κ2) is 8.05. The molecule has 0 N–H and O–H groups in total. The van der Waals surface area contributed by atoms with E-state index >= 15 is 0 Å². The normalized spacial score (nSPS) is 13.3. The third kappa shape index (κ3) is 4.32. The molecule has 0 fully saturated rings. The second-order valence-electron chi connectivity index (χ2n) is 4.88. The number of allylic oxidation sites excluding steroid dienone is 10. The summed E-state index contributed by atoms with van der Waals surface area (Å²) in [5, 5.41) is 0. The molecule has 1 rings (SSSR count). The van der Waals surface area contributed by atoms with E-state index in [4.69, 9.17) is 0 Å². The summed E-state index contributed by atoms with van der Waals surface area (Å²) >= 11 is 0. The number of hydrogen-bond acceptors (Lipinski definition) is 0. The topological polar surface area (TPSA) is 8.81 Å². The molecular weight excluding hydrogens is 256 g/mol. The van der Waals surface area contributed by atoms with Crippen molar-refractivity contribution in [2.24, 2.45) is 7.05 Å². The molecule has 0 unspecified atom stereocenters. The zero-order valence-electron chi connectivity index (χ0n) is 13.5. The summed E-state index contributed by atoms with van der Waals surface area (Å²) < 4.78 is 4.20. The summed E-state index contributed by atoms with van der Waals surface area (Å²) in [6, 6.07) is 0. The monoisotopic (exact) mass is 281 g/mol. The highest BCUT2D eigenvalue weighted by Gasteiger charge is 2.18. The van der Waals surface area contributed by atoms with Crippen molar-refractivity contribution in [3.8, 4) is 0 Å². The maximum atomic E-state index is 4.15. The average Bonchev–Trinajstić information content (AvgIpc) is 2.85. The Bertz CT molecular complexity index is 635. The molecule has 0 aliphatic heterocycles. The van der Waals surface area contributed by atoms with Crippen molar-refractivity contribution >= 4 is 11.3 Å². The van der Waals surface area contributed by atoms with Crippen LogP contribution >= 0.6 is 0 Å². The summed E-state index contributed by atoms with van der Waals surface area (Å²) in [6.45, 7) is 14.1. The molecule has 0 aromatic carbocycles. The highest BCUT2D eigenvalue weighted by atomic mass is 15.1. The molecule has 110 valence electrons. The van der Waals surface area contributed by atoms with Crippen LogP contribution in [0.5, 0.6) is 0 Å². The Kier molecular flexibility index (Phi) is 6.41. The molecule has 1 aromatic heterocycles. The summed E-state index contributed by atoms with van der Waals surface area (Å²) in [6.07, 6.45) is 17.9. The maximum Gasteiger partial charge on any atom is 0.289 e. The molecule has 0 aliphatic rings. The molecule has 0 spiro atoms. The maximum absolute atomic E-state index is 4.15. The van der Waals surface area contributed by atoms with E-state index in [2.05, 4.69) is 42.2 Å². The van der Waals surface area contributed by atoms with Crippen LogP contribution in [0.4, 0.5) is 0 Å². The van der Waals surface area contributed by atoms with Crippen LogP contribution < -0.4 is 4.57 Å². The molecule has 0 bridgehead atoms. The van der Waals surface area contributed by atoms with Gasteiger partial charge < -0.3 is 0 Å². The van der Waals surface area contributed by atoms with Crippen LogP contribution in [0.3, 0.4) is 0 Å². The first-order valence-electron chi connectivity index (χ1n) is 7.05. The van der Waals surface area contributed by atoms with Crippen molar-refractivity contribution in [2.45, 2.75) is 20.8 Å². The van der Waals surface area contributed by atoms with E-state index in [0.29, 0.717) is 0 Å². The van der Waals surface area contributed by atoms with E-state index in [-0.39, 0.29) is 0 Å². The fraction of sp³-hybridized carbons (Fsp3) is 0.211. The highest BCUT2D eigenvalue weighted by Crippen LogP contribution is 2.19.